The number of morpholine rings is 1. The number of benzene rings is 1. The van der Waals surface area contributed by atoms with Crippen LogP contribution in [0.25, 0.3) is 0 Å². The van der Waals surface area contributed by atoms with Crippen molar-refractivity contribution in [2.75, 3.05) is 24.7 Å². The van der Waals surface area contributed by atoms with E-state index in [1.165, 1.54) is 5.56 Å². The van der Waals surface area contributed by atoms with Crippen LogP contribution < -0.4 is 4.90 Å². The Morgan fingerprint density at radius 3 is 2.50 bits per heavy atom. The van der Waals surface area contributed by atoms with Gasteiger partial charge in [0.1, 0.15) is 0 Å². The van der Waals surface area contributed by atoms with Crippen LogP contribution >= 0.6 is 0 Å². The summed E-state index contributed by atoms with van der Waals surface area (Å²) in [6.45, 7) is 6.79. The molecule has 0 aromatic heterocycles. The van der Waals surface area contributed by atoms with Crippen molar-refractivity contribution >= 4 is 11.6 Å². The lowest BCUT2D eigenvalue weighted by atomic mass is 10.0. The van der Waals surface area contributed by atoms with E-state index in [1.54, 1.807) is 4.90 Å². The Morgan fingerprint density at radius 1 is 1.33 bits per heavy atom. The Morgan fingerprint density at radius 2 is 1.94 bits per heavy atom. The zero-order valence-corrected chi connectivity index (χ0v) is 11.1. The molecule has 0 bridgehead atoms. The maximum absolute atomic E-state index is 12.2. The predicted molar refractivity (Wildman–Crippen MR) is 69.8 cm³/mol. The quantitative estimate of drug-likeness (QED) is 0.860. The fourth-order valence-electron chi connectivity index (χ4n) is 2.59. The van der Waals surface area contributed by atoms with Crippen molar-refractivity contribution in [1.82, 2.24) is 0 Å². The van der Waals surface area contributed by atoms with Crippen LogP contribution in [0.5, 0.6) is 0 Å². The first kappa shape index (κ1) is 13.1. The first-order valence-corrected chi connectivity index (χ1v) is 6.16. The number of carbonyl (C=O) groups excluding carboxylic acids is 1. The summed E-state index contributed by atoms with van der Waals surface area (Å²) in [5, 5.41) is 9.14. The van der Waals surface area contributed by atoms with E-state index >= 15 is 0 Å². The molecule has 1 fully saturated rings. The van der Waals surface area contributed by atoms with E-state index in [0.717, 1.165) is 16.8 Å². The number of aliphatic hydroxyl groups is 1. The maximum Gasteiger partial charge on any atom is 0.258 e. The molecule has 0 saturated carbocycles. The summed E-state index contributed by atoms with van der Waals surface area (Å²) < 4.78 is 5.25. The van der Waals surface area contributed by atoms with Gasteiger partial charge in [-0.15, -0.1) is 0 Å². The Labute approximate surface area is 107 Å². The number of aryl methyl sites for hydroxylation is 3. The Bertz CT molecular complexity index is 447. The van der Waals surface area contributed by atoms with Crippen LogP contribution in [-0.4, -0.2) is 36.9 Å². The number of nitrogens with zero attached hydrogens (tertiary/aromatic N) is 1. The molecule has 98 valence electrons. The van der Waals surface area contributed by atoms with Crippen molar-refractivity contribution in [3.63, 3.8) is 0 Å². The highest BCUT2D eigenvalue weighted by atomic mass is 16.5. The third-order valence-corrected chi connectivity index (χ3v) is 3.25. The summed E-state index contributed by atoms with van der Waals surface area (Å²) in [5.41, 5.74) is 4.30. The second kappa shape index (κ2) is 5.08. The van der Waals surface area contributed by atoms with Gasteiger partial charge in [0, 0.05) is 12.2 Å². The third-order valence-electron chi connectivity index (χ3n) is 3.25. The highest BCUT2D eigenvalue weighted by Crippen LogP contribution is 2.28. The number of rotatable bonds is 2. The monoisotopic (exact) mass is 249 g/mol. The molecular formula is C14H19NO3. The third kappa shape index (κ3) is 2.26. The number of hydrogen-bond donors (Lipinski definition) is 1. The summed E-state index contributed by atoms with van der Waals surface area (Å²) in [6.07, 6.45) is -0.723. The highest BCUT2D eigenvalue weighted by Gasteiger charge is 2.31. The summed E-state index contributed by atoms with van der Waals surface area (Å²) >= 11 is 0. The van der Waals surface area contributed by atoms with Gasteiger partial charge in [0.2, 0.25) is 0 Å². The van der Waals surface area contributed by atoms with E-state index in [0.29, 0.717) is 13.2 Å². The Kier molecular flexibility index (Phi) is 3.68. The number of aliphatic hydroxyl groups excluding tert-OH is 1. The average Bonchev–Trinajstić information content (AvgIpc) is 2.30. The average molecular weight is 249 g/mol. The van der Waals surface area contributed by atoms with Crippen LogP contribution in [0.4, 0.5) is 5.69 Å². The first-order chi connectivity index (χ1) is 8.54. The number of ether oxygens (including phenoxy) is 1. The van der Waals surface area contributed by atoms with Crippen molar-refractivity contribution in [3.05, 3.63) is 28.8 Å². The molecule has 0 radical (unpaired) electrons. The smallest absolute Gasteiger partial charge is 0.258 e. The number of amides is 1. The molecule has 1 aliphatic heterocycles. The maximum atomic E-state index is 12.2. The van der Waals surface area contributed by atoms with Crippen molar-refractivity contribution in [2.24, 2.45) is 0 Å². The van der Waals surface area contributed by atoms with Gasteiger partial charge < -0.3 is 14.7 Å². The zero-order chi connectivity index (χ0) is 13.3. The molecule has 1 unspecified atom stereocenters. The molecule has 0 aliphatic carbocycles. The zero-order valence-electron chi connectivity index (χ0n) is 11.1. The van der Waals surface area contributed by atoms with E-state index in [9.17, 15) is 4.79 Å². The van der Waals surface area contributed by atoms with Crippen LogP contribution in [0.1, 0.15) is 16.7 Å². The molecule has 1 amide bonds. The molecule has 0 spiro atoms. The minimum Gasteiger partial charge on any atom is -0.393 e. The second-order valence-corrected chi connectivity index (χ2v) is 4.78. The SMILES string of the molecule is Cc1cc(C)c(N2CCOC(CO)C2=O)c(C)c1. The van der Waals surface area contributed by atoms with Gasteiger partial charge in [0.05, 0.1) is 13.2 Å². The van der Waals surface area contributed by atoms with Gasteiger partial charge in [0.15, 0.2) is 6.10 Å². The van der Waals surface area contributed by atoms with Gasteiger partial charge in [-0.05, 0) is 31.9 Å². The topological polar surface area (TPSA) is 49.8 Å². The minimum atomic E-state index is -0.723. The molecule has 1 heterocycles. The lowest BCUT2D eigenvalue weighted by Gasteiger charge is -2.33. The van der Waals surface area contributed by atoms with Crippen LogP contribution in [0, 0.1) is 20.8 Å². The van der Waals surface area contributed by atoms with Gasteiger partial charge in [-0.25, -0.2) is 0 Å². The second-order valence-electron chi connectivity index (χ2n) is 4.78. The Hall–Kier alpha value is -1.39. The lowest BCUT2D eigenvalue weighted by Crippen LogP contribution is -2.49. The van der Waals surface area contributed by atoms with E-state index in [4.69, 9.17) is 9.84 Å². The number of anilines is 1. The molecule has 1 N–H and O–H groups in total. The van der Waals surface area contributed by atoms with Crippen molar-refractivity contribution in [3.8, 4) is 0 Å². The summed E-state index contributed by atoms with van der Waals surface area (Å²) in [4.78, 5) is 13.9. The Balaban J connectivity index is 2.39. The fourth-order valence-corrected chi connectivity index (χ4v) is 2.59. The van der Waals surface area contributed by atoms with Gasteiger partial charge in [-0.1, -0.05) is 17.7 Å². The highest BCUT2D eigenvalue weighted by molar-refractivity contribution is 5.98. The molecule has 1 saturated heterocycles. The van der Waals surface area contributed by atoms with Crippen LogP contribution in [0.3, 0.4) is 0 Å². The largest absolute Gasteiger partial charge is 0.393 e. The molecule has 1 aliphatic rings. The van der Waals surface area contributed by atoms with Crippen LogP contribution in [-0.2, 0) is 9.53 Å². The summed E-state index contributed by atoms with van der Waals surface area (Å²) in [7, 11) is 0. The van der Waals surface area contributed by atoms with Gasteiger partial charge in [0.25, 0.3) is 5.91 Å². The van der Waals surface area contributed by atoms with Crippen LogP contribution in [0.15, 0.2) is 12.1 Å². The molecule has 1 aromatic carbocycles. The number of carbonyl (C=O) groups is 1. The minimum absolute atomic E-state index is 0.154. The van der Waals surface area contributed by atoms with Gasteiger partial charge >= 0.3 is 0 Å². The molecule has 4 heteroatoms. The van der Waals surface area contributed by atoms with Crippen LogP contribution in [0.2, 0.25) is 0 Å². The van der Waals surface area contributed by atoms with Crippen molar-refractivity contribution in [1.29, 1.82) is 0 Å². The van der Waals surface area contributed by atoms with E-state index < -0.39 is 6.10 Å². The first-order valence-electron chi connectivity index (χ1n) is 6.16. The van der Waals surface area contributed by atoms with Gasteiger partial charge in [-0.2, -0.15) is 0 Å². The van der Waals surface area contributed by atoms with E-state index in [2.05, 4.69) is 12.1 Å². The summed E-state index contributed by atoms with van der Waals surface area (Å²) in [5.74, 6) is -0.154. The molecular weight excluding hydrogens is 230 g/mol. The number of hydrogen-bond acceptors (Lipinski definition) is 3. The van der Waals surface area contributed by atoms with E-state index in [1.807, 2.05) is 20.8 Å². The van der Waals surface area contributed by atoms with E-state index in [-0.39, 0.29) is 12.5 Å². The lowest BCUT2D eigenvalue weighted by molar-refractivity contribution is -0.136. The fraction of sp³-hybridized carbons (Fsp3) is 0.500. The molecule has 1 aromatic rings. The van der Waals surface area contributed by atoms with Crippen molar-refractivity contribution in [2.45, 2.75) is 26.9 Å². The molecule has 2 rings (SSSR count). The normalized spacial score (nSPS) is 20.3. The summed E-state index contributed by atoms with van der Waals surface area (Å²) in [6, 6.07) is 4.14. The predicted octanol–water partition coefficient (Wildman–Crippen LogP) is 1.34. The molecule has 18 heavy (non-hydrogen) atoms. The van der Waals surface area contributed by atoms with Crippen molar-refractivity contribution < 1.29 is 14.6 Å². The standard InChI is InChI=1S/C14H19NO3/c1-9-6-10(2)13(11(3)7-9)15-4-5-18-12(8-16)14(15)17/h6-7,12,16H,4-5,8H2,1-3H3. The molecule has 1 atom stereocenters. The molecule has 4 nitrogen and oxygen atoms in total. The van der Waals surface area contributed by atoms with Gasteiger partial charge in [-0.3, -0.25) is 4.79 Å².